The van der Waals surface area contributed by atoms with Gasteiger partial charge in [0.25, 0.3) is 0 Å². The van der Waals surface area contributed by atoms with Crippen molar-refractivity contribution in [2.24, 2.45) is 0 Å². The monoisotopic (exact) mass is 448 g/mol. The number of nitrogens with zero attached hydrogens (tertiary/aromatic N) is 4. The van der Waals surface area contributed by atoms with Gasteiger partial charge >= 0.3 is 0 Å². The first-order valence-corrected chi connectivity index (χ1v) is 12.4. The van der Waals surface area contributed by atoms with Gasteiger partial charge in [-0.15, -0.1) is 0 Å². The molecular weight excluding hydrogens is 416 g/mol. The van der Waals surface area contributed by atoms with Crippen LogP contribution in [-0.2, 0) is 10.0 Å². The average molecular weight is 449 g/mol. The van der Waals surface area contributed by atoms with Gasteiger partial charge < -0.3 is 9.47 Å². The molecule has 31 heavy (non-hydrogen) atoms. The molecule has 1 aliphatic rings. The predicted molar refractivity (Wildman–Crippen MR) is 119 cm³/mol. The number of ether oxygens (including phenoxy) is 2. The van der Waals surface area contributed by atoms with Crippen molar-refractivity contribution < 1.29 is 17.9 Å². The number of hydrogen-bond donors (Lipinski definition) is 0. The molecule has 0 amide bonds. The lowest BCUT2D eigenvalue weighted by molar-refractivity contribution is 0.167. The van der Waals surface area contributed by atoms with Crippen LogP contribution in [0.4, 0.5) is 0 Å². The molecule has 3 rings (SSSR count). The number of pyridine rings is 1. The van der Waals surface area contributed by atoms with E-state index < -0.39 is 10.0 Å². The molecule has 170 valence electrons. The van der Waals surface area contributed by atoms with Gasteiger partial charge in [-0.3, -0.25) is 4.98 Å². The Morgan fingerprint density at radius 3 is 2.65 bits per heavy atom. The van der Waals surface area contributed by atoms with E-state index in [1.807, 2.05) is 40.7 Å². The largest absolute Gasteiger partial charge is 0.474 e. The SMILES string of the molecule is CCCS(=O)(=O)N1C(C)CCC1C[C@@H](C)Oc1ncnc(Oc2cccnc2C)c1C. The van der Waals surface area contributed by atoms with Gasteiger partial charge in [-0.2, -0.15) is 4.31 Å². The normalized spacial score (nSPS) is 20.5. The molecule has 3 heterocycles. The molecule has 0 aromatic carbocycles. The highest BCUT2D eigenvalue weighted by Crippen LogP contribution is 2.33. The summed E-state index contributed by atoms with van der Waals surface area (Å²) in [5, 5.41) is 0. The molecule has 8 nitrogen and oxygen atoms in total. The lowest BCUT2D eigenvalue weighted by Crippen LogP contribution is -2.42. The van der Waals surface area contributed by atoms with Crippen LogP contribution >= 0.6 is 0 Å². The molecule has 0 aliphatic carbocycles. The zero-order valence-corrected chi connectivity index (χ0v) is 19.7. The summed E-state index contributed by atoms with van der Waals surface area (Å²) in [5.74, 6) is 1.66. The summed E-state index contributed by atoms with van der Waals surface area (Å²) >= 11 is 0. The van der Waals surface area contributed by atoms with Crippen molar-refractivity contribution in [1.82, 2.24) is 19.3 Å². The Morgan fingerprint density at radius 1 is 1.19 bits per heavy atom. The van der Waals surface area contributed by atoms with E-state index in [0.29, 0.717) is 35.9 Å². The minimum atomic E-state index is -3.25. The molecule has 0 N–H and O–H groups in total. The van der Waals surface area contributed by atoms with Gasteiger partial charge in [-0.05, 0) is 59.1 Å². The van der Waals surface area contributed by atoms with Gasteiger partial charge in [-0.1, -0.05) is 6.92 Å². The van der Waals surface area contributed by atoms with E-state index in [2.05, 4.69) is 15.0 Å². The molecule has 2 aromatic rings. The van der Waals surface area contributed by atoms with Crippen LogP contribution in [0.2, 0.25) is 0 Å². The molecule has 1 fully saturated rings. The zero-order valence-electron chi connectivity index (χ0n) is 18.9. The van der Waals surface area contributed by atoms with Crippen molar-refractivity contribution in [2.45, 2.75) is 78.5 Å². The molecule has 3 atom stereocenters. The van der Waals surface area contributed by atoms with Crippen LogP contribution in [0.3, 0.4) is 0 Å². The van der Waals surface area contributed by atoms with Crippen LogP contribution in [0.25, 0.3) is 0 Å². The molecule has 9 heteroatoms. The fourth-order valence-electron chi connectivity index (χ4n) is 4.08. The summed E-state index contributed by atoms with van der Waals surface area (Å²) in [6.07, 6.45) is 5.84. The maximum Gasteiger partial charge on any atom is 0.229 e. The number of hydrogen-bond acceptors (Lipinski definition) is 7. The van der Waals surface area contributed by atoms with E-state index in [4.69, 9.17) is 9.47 Å². The third kappa shape index (κ3) is 5.51. The van der Waals surface area contributed by atoms with Crippen molar-refractivity contribution in [3.8, 4) is 17.5 Å². The standard InChI is InChI=1S/C22H32N4O4S/c1-6-12-31(27,28)26-15(2)9-10-19(26)13-16(3)29-21-17(4)22(25-14-24-21)30-20-8-7-11-23-18(20)5/h7-8,11,14-16,19H,6,9-10,12-13H2,1-5H3/t15?,16-,19?/m1/s1. The maximum atomic E-state index is 12.7. The maximum absolute atomic E-state index is 12.7. The second-order valence-corrected chi connectivity index (χ2v) is 10.2. The molecule has 0 bridgehead atoms. The van der Waals surface area contributed by atoms with E-state index in [9.17, 15) is 8.42 Å². The number of sulfonamides is 1. The average Bonchev–Trinajstić information content (AvgIpc) is 3.07. The van der Waals surface area contributed by atoms with E-state index in [1.54, 1.807) is 16.6 Å². The van der Waals surface area contributed by atoms with Crippen LogP contribution in [0.15, 0.2) is 24.7 Å². The summed E-state index contributed by atoms with van der Waals surface area (Å²) in [4.78, 5) is 12.7. The van der Waals surface area contributed by atoms with Crippen LogP contribution in [-0.4, -0.2) is 51.6 Å². The van der Waals surface area contributed by atoms with Gasteiger partial charge in [-0.25, -0.2) is 18.4 Å². The molecule has 1 aliphatic heterocycles. The smallest absolute Gasteiger partial charge is 0.229 e. The Kier molecular flexibility index (Phi) is 7.48. The Hall–Kier alpha value is -2.26. The van der Waals surface area contributed by atoms with E-state index >= 15 is 0 Å². The molecule has 0 saturated carbocycles. The first-order valence-electron chi connectivity index (χ1n) is 10.8. The quantitative estimate of drug-likeness (QED) is 0.571. The van der Waals surface area contributed by atoms with Crippen molar-refractivity contribution in [3.05, 3.63) is 35.9 Å². The van der Waals surface area contributed by atoms with Crippen molar-refractivity contribution in [1.29, 1.82) is 0 Å². The lowest BCUT2D eigenvalue weighted by atomic mass is 10.1. The van der Waals surface area contributed by atoms with Gasteiger partial charge in [0.05, 0.1) is 23.1 Å². The number of rotatable bonds is 9. The minimum Gasteiger partial charge on any atom is -0.474 e. The fourth-order valence-corrected chi connectivity index (χ4v) is 6.10. The number of aromatic nitrogens is 3. The highest BCUT2D eigenvalue weighted by atomic mass is 32.2. The second-order valence-electron chi connectivity index (χ2n) is 8.19. The van der Waals surface area contributed by atoms with Gasteiger partial charge in [0.2, 0.25) is 21.8 Å². The fraction of sp³-hybridized carbons (Fsp3) is 0.591. The summed E-state index contributed by atoms with van der Waals surface area (Å²) < 4.78 is 39.2. The third-order valence-electron chi connectivity index (χ3n) is 5.57. The van der Waals surface area contributed by atoms with Crippen molar-refractivity contribution in [3.63, 3.8) is 0 Å². The van der Waals surface area contributed by atoms with Crippen LogP contribution in [0, 0.1) is 13.8 Å². The van der Waals surface area contributed by atoms with Gasteiger partial charge in [0, 0.05) is 24.7 Å². The van der Waals surface area contributed by atoms with E-state index in [1.165, 1.54) is 6.33 Å². The lowest BCUT2D eigenvalue weighted by Gasteiger charge is -2.29. The number of aryl methyl sites for hydroxylation is 1. The summed E-state index contributed by atoms with van der Waals surface area (Å²) in [7, 11) is -3.25. The second kappa shape index (κ2) is 9.91. The topological polar surface area (TPSA) is 94.5 Å². The van der Waals surface area contributed by atoms with E-state index in [0.717, 1.165) is 18.5 Å². The molecule has 2 aromatic heterocycles. The summed E-state index contributed by atoms with van der Waals surface area (Å²) in [6, 6.07) is 3.61. The van der Waals surface area contributed by atoms with Crippen molar-refractivity contribution >= 4 is 10.0 Å². The first-order chi connectivity index (χ1) is 14.7. The van der Waals surface area contributed by atoms with E-state index in [-0.39, 0.29) is 23.9 Å². The Morgan fingerprint density at radius 2 is 1.94 bits per heavy atom. The Bertz CT molecular complexity index is 999. The predicted octanol–water partition coefficient (Wildman–Crippen LogP) is 4.03. The molecule has 0 spiro atoms. The third-order valence-corrected chi connectivity index (χ3v) is 7.79. The van der Waals surface area contributed by atoms with Crippen LogP contribution in [0.1, 0.15) is 57.7 Å². The zero-order chi connectivity index (χ0) is 22.6. The molecule has 2 unspecified atom stereocenters. The highest BCUT2D eigenvalue weighted by Gasteiger charge is 2.39. The van der Waals surface area contributed by atoms with Gasteiger partial charge in [0.15, 0.2) is 5.75 Å². The molecular formula is C22H32N4O4S. The Balaban J connectivity index is 1.71. The molecule has 0 radical (unpaired) electrons. The van der Waals surface area contributed by atoms with Gasteiger partial charge in [0.1, 0.15) is 6.33 Å². The summed E-state index contributed by atoms with van der Waals surface area (Å²) in [5.41, 5.74) is 1.45. The van der Waals surface area contributed by atoms with Crippen molar-refractivity contribution in [2.75, 3.05) is 5.75 Å². The summed E-state index contributed by atoms with van der Waals surface area (Å²) in [6.45, 7) is 9.53. The minimum absolute atomic E-state index is 0.0252. The van der Waals surface area contributed by atoms with Crippen LogP contribution < -0.4 is 9.47 Å². The highest BCUT2D eigenvalue weighted by molar-refractivity contribution is 7.89. The first kappa shape index (κ1) is 23.4. The molecule has 1 saturated heterocycles. The Labute approximate surface area is 185 Å². The van der Waals surface area contributed by atoms with Crippen LogP contribution in [0.5, 0.6) is 17.5 Å².